The molecule has 0 saturated carbocycles. The van der Waals surface area contributed by atoms with E-state index in [0.29, 0.717) is 15.1 Å². The van der Waals surface area contributed by atoms with E-state index < -0.39 is 21.9 Å². The number of hydroxylamine groups is 2. The van der Waals surface area contributed by atoms with Crippen molar-refractivity contribution in [1.29, 1.82) is 0 Å². The Labute approximate surface area is 182 Å². The predicted molar refractivity (Wildman–Crippen MR) is 120 cm³/mol. The molecule has 156 valence electrons. The largest absolute Gasteiger partial charge is 0.347 e. The minimum atomic E-state index is -0.868. The lowest BCUT2D eigenvalue weighted by molar-refractivity contribution is -0.384. The van der Waals surface area contributed by atoms with Crippen molar-refractivity contribution in [3.8, 4) is 0 Å². The second-order valence-corrected chi connectivity index (χ2v) is 9.21. The third-order valence-corrected chi connectivity index (χ3v) is 5.83. The van der Waals surface area contributed by atoms with Gasteiger partial charge in [-0.3, -0.25) is 15.3 Å². The predicted octanol–water partition coefficient (Wildman–Crippen LogP) is 4.29. The SMILES string of the molecule is CC1(C)SC(=S)N(/N=C\c2ccccc2)[C@H]1N(O)C(=O)Nc1ccc([N+](=O)[O-])cc1. The van der Waals surface area contributed by atoms with Crippen LogP contribution in [0.1, 0.15) is 19.4 Å². The number of carbonyl (C=O) groups excluding carboxylic acids is 1. The Hall–Kier alpha value is -3.02. The van der Waals surface area contributed by atoms with Crippen LogP contribution in [0.5, 0.6) is 0 Å². The maximum atomic E-state index is 12.6. The van der Waals surface area contributed by atoms with Crippen LogP contribution in [0.4, 0.5) is 16.2 Å². The summed E-state index contributed by atoms with van der Waals surface area (Å²) in [5.74, 6) is 0. The molecule has 0 spiro atoms. The van der Waals surface area contributed by atoms with Crippen molar-refractivity contribution in [2.24, 2.45) is 5.10 Å². The molecule has 30 heavy (non-hydrogen) atoms. The van der Waals surface area contributed by atoms with Crippen LogP contribution in [0.15, 0.2) is 59.7 Å². The first-order valence-electron chi connectivity index (χ1n) is 8.84. The highest BCUT2D eigenvalue weighted by molar-refractivity contribution is 8.24. The lowest BCUT2D eigenvalue weighted by Crippen LogP contribution is -2.54. The third-order valence-electron chi connectivity index (χ3n) is 4.29. The van der Waals surface area contributed by atoms with E-state index in [4.69, 9.17) is 12.2 Å². The summed E-state index contributed by atoms with van der Waals surface area (Å²) >= 11 is 6.72. The summed E-state index contributed by atoms with van der Waals surface area (Å²) in [5.41, 5.74) is 1.04. The van der Waals surface area contributed by atoms with Crippen molar-refractivity contribution >= 4 is 51.9 Å². The maximum absolute atomic E-state index is 12.6. The lowest BCUT2D eigenvalue weighted by Gasteiger charge is -2.34. The normalized spacial score (nSPS) is 17.9. The molecular formula is C19H19N5O4S2. The van der Waals surface area contributed by atoms with Gasteiger partial charge in [0.1, 0.15) is 0 Å². The van der Waals surface area contributed by atoms with Gasteiger partial charge in [-0.2, -0.15) is 10.2 Å². The first kappa shape index (κ1) is 21.7. The summed E-state index contributed by atoms with van der Waals surface area (Å²) in [6, 6.07) is 13.8. The van der Waals surface area contributed by atoms with Crippen LogP contribution >= 0.6 is 24.0 Å². The van der Waals surface area contributed by atoms with Crippen LogP contribution in [-0.2, 0) is 0 Å². The van der Waals surface area contributed by atoms with Crippen molar-refractivity contribution < 1.29 is 14.9 Å². The van der Waals surface area contributed by atoms with Crippen LogP contribution in [0.3, 0.4) is 0 Å². The molecule has 1 fully saturated rings. The number of non-ortho nitro benzene ring substituents is 1. The molecule has 1 atom stereocenters. The van der Waals surface area contributed by atoms with Gasteiger partial charge in [0, 0.05) is 17.8 Å². The highest BCUT2D eigenvalue weighted by atomic mass is 32.2. The zero-order chi connectivity index (χ0) is 21.9. The molecule has 2 aromatic rings. The van der Waals surface area contributed by atoms with Gasteiger partial charge in [0.15, 0.2) is 10.5 Å². The number of carbonyl (C=O) groups is 1. The van der Waals surface area contributed by atoms with E-state index in [1.807, 2.05) is 44.2 Å². The fourth-order valence-electron chi connectivity index (χ4n) is 2.85. The second-order valence-electron chi connectivity index (χ2n) is 6.92. The van der Waals surface area contributed by atoms with Gasteiger partial charge in [-0.05, 0) is 31.5 Å². The molecule has 2 aromatic carbocycles. The lowest BCUT2D eigenvalue weighted by atomic mass is 10.1. The Morgan fingerprint density at radius 1 is 1.30 bits per heavy atom. The minimum Gasteiger partial charge on any atom is -0.306 e. The average molecular weight is 446 g/mol. The van der Waals surface area contributed by atoms with Crippen molar-refractivity contribution in [3.63, 3.8) is 0 Å². The molecule has 0 aromatic heterocycles. The summed E-state index contributed by atoms with van der Waals surface area (Å²) in [5, 5.41) is 30.3. The quantitative estimate of drug-likeness (QED) is 0.232. The summed E-state index contributed by atoms with van der Waals surface area (Å²) in [7, 11) is 0. The van der Waals surface area contributed by atoms with E-state index in [-0.39, 0.29) is 5.69 Å². The standard InChI is InChI=1S/C19H19N5O4S2/c1-19(2)16(22(18(29)30-19)20-12-13-6-4-3-5-7-13)23(26)17(25)21-14-8-10-15(11-9-14)24(27)28/h3-12,16,26H,1-2H3,(H,21,25)/b20-12-/t16-/m0/s1. The highest BCUT2D eigenvalue weighted by Crippen LogP contribution is 2.42. The van der Waals surface area contributed by atoms with Gasteiger partial charge >= 0.3 is 6.03 Å². The first-order valence-corrected chi connectivity index (χ1v) is 10.1. The minimum absolute atomic E-state index is 0.103. The van der Waals surface area contributed by atoms with Crippen molar-refractivity contribution in [2.45, 2.75) is 24.8 Å². The Kier molecular flexibility index (Phi) is 6.34. The van der Waals surface area contributed by atoms with Gasteiger partial charge in [0.2, 0.25) is 0 Å². The number of urea groups is 1. The molecule has 9 nitrogen and oxygen atoms in total. The molecule has 0 aliphatic carbocycles. The fourth-order valence-corrected chi connectivity index (χ4v) is 4.64. The number of nitro benzene ring substituents is 1. The molecule has 1 aliphatic rings. The average Bonchev–Trinajstić information content (AvgIpc) is 2.94. The Balaban J connectivity index is 1.78. The molecule has 1 heterocycles. The number of hydrazone groups is 1. The van der Waals surface area contributed by atoms with Crippen LogP contribution < -0.4 is 5.32 Å². The van der Waals surface area contributed by atoms with Crippen LogP contribution in [0.2, 0.25) is 0 Å². The van der Waals surface area contributed by atoms with Crippen molar-refractivity contribution in [3.05, 3.63) is 70.3 Å². The summed E-state index contributed by atoms with van der Waals surface area (Å²) in [6.07, 6.45) is 0.733. The van der Waals surface area contributed by atoms with E-state index >= 15 is 0 Å². The van der Waals surface area contributed by atoms with Gasteiger partial charge in [-0.25, -0.2) is 9.80 Å². The van der Waals surface area contributed by atoms with Crippen LogP contribution in [0, 0.1) is 10.1 Å². The zero-order valence-electron chi connectivity index (χ0n) is 16.1. The van der Waals surface area contributed by atoms with Crippen LogP contribution in [-0.4, -0.2) is 47.7 Å². The molecule has 2 N–H and O–H groups in total. The Morgan fingerprint density at radius 3 is 2.53 bits per heavy atom. The number of anilines is 1. The number of thiocarbonyl (C=S) groups is 1. The van der Waals surface area contributed by atoms with E-state index in [9.17, 15) is 20.1 Å². The first-order chi connectivity index (χ1) is 14.2. The number of amides is 2. The van der Waals surface area contributed by atoms with Crippen molar-refractivity contribution in [1.82, 2.24) is 10.1 Å². The maximum Gasteiger partial charge on any atom is 0.347 e. The van der Waals surface area contributed by atoms with Crippen LogP contribution in [0.25, 0.3) is 0 Å². The molecule has 3 rings (SSSR count). The third kappa shape index (κ3) is 4.75. The highest BCUT2D eigenvalue weighted by Gasteiger charge is 2.50. The van der Waals surface area contributed by atoms with E-state index in [1.165, 1.54) is 41.0 Å². The monoisotopic (exact) mass is 445 g/mol. The van der Waals surface area contributed by atoms with E-state index in [2.05, 4.69) is 10.4 Å². The van der Waals surface area contributed by atoms with Gasteiger partial charge < -0.3 is 5.32 Å². The molecule has 1 aliphatic heterocycles. The van der Waals surface area contributed by atoms with E-state index in [0.717, 1.165) is 5.56 Å². The summed E-state index contributed by atoms with van der Waals surface area (Å²) in [6.45, 7) is 3.68. The number of thioether (sulfide) groups is 1. The molecule has 0 unspecified atom stereocenters. The number of rotatable bonds is 5. The smallest absolute Gasteiger partial charge is 0.306 e. The molecule has 0 radical (unpaired) electrons. The molecule has 11 heteroatoms. The number of nitrogens with one attached hydrogen (secondary N) is 1. The fraction of sp³-hybridized carbons (Fsp3) is 0.211. The molecule has 2 amide bonds. The number of hydrogen-bond acceptors (Lipinski definition) is 7. The molecule has 0 bridgehead atoms. The van der Waals surface area contributed by atoms with Gasteiger partial charge in [-0.1, -0.05) is 54.3 Å². The van der Waals surface area contributed by atoms with Crippen molar-refractivity contribution in [2.75, 3.05) is 5.32 Å². The summed E-state index contributed by atoms with van der Waals surface area (Å²) in [4.78, 5) is 22.9. The number of hydrogen-bond donors (Lipinski definition) is 2. The zero-order valence-corrected chi connectivity index (χ0v) is 17.8. The Bertz CT molecular complexity index is 982. The molecular weight excluding hydrogens is 426 g/mol. The topological polar surface area (TPSA) is 111 Å². The van der Waals surface area contributed by atoms with Gasteiger partial charge in [0.05, 0.1) is 15.9 Å². The number of nitrogens with zero attached hydrogens (tertiary/aromatic N) is 4. The second kappa shape index (κ2) is 8.78. The summed E-state index contributed by atoms with van der Waals surface area (Å²) < 4.78 is -0.230. The number of benzene rings is 2. The Morgan fingerprint density at radius 2 is 1.93 bits per heavy atom. The molecule has 1 saturated heterocycles. The van der Waals surface area contributed by atoms with Gasteiger partial charge in [-0.15, -0.1) is 0 Å². The number of nitro groups is 1. The van der Waals surface area contributed by atoms with Gasteiger partial charge in [0.25, 0.3) is 5.69 Å². The van der Waals surface area contributed by atoms with E-state index in [1.54, 1.807) is 6.21 Å².